The second-order valence-electron chi connectivity index (χ2n) is 5.25. The molecule has 0 atom stereocenters. The van der Waals surface area contributed by atoms with Crippen molar-refractivity contribution in [2.24, 2.45) is 12.0 Å². The van der Waals surface area contributed by atoms with E-state index in [2.05, 4.69) is 17.1 Å². The molecule has 3 rings (SSSR count). The van der Waals surface area contributed by atoms with Crippen molar-refractivity contribution in [2.75, 3.05) is 0 Å². The first kappa shape index (κ1) is 14.7. The molecule has 0 saturated heterocycles. The fourth-order valence-corrected chi connectivity index (χ4v) is 3.61. The lowest BCUT2D eigenvalue weighted by Gasteiger charge is -2.01. The van der Waals surface area contributed by atoms with Crippen LogP contribution in [0.2, 0.25) is 0 Å². The van der Waals surface area contributed by atoms with Crippen LogP contribution in [0.1, 0.15) is 21.5 Å². The Morgan fingerprint density at radius 2 is 1.91 bits per heavy atom. The van der Waals surface area contributed by atoms with Crippen LogP contribution in [0, 0.1) is 19.7 Å². The number of thiazole rings is 1. The minimum absolute atomic E-state index is 0.255. The van der Waals surface area contributed by atoms with Gasteiger partial charge >= 0.3 is 0 Å². The molecule has 3 aromatic rings. The van der Waals surface area contributed by atoms with Crippen LogP contribution in [0.5, 0.6) is 0 Å². The summed E-state index contributed by atoms with van der Waals surface area (Å²) < 4.78 is 16.3. The molecule has 0 radical (unpaired) electrons. The first-order chi connectivity index (χ1) is 10.5. The number of amides is 1. The maximum atomic E-state index is 13.2. The Labute approximate surface area is 131 Å². The van der Waals surface area contributed by atoms with E-state index in [1.54, 1.807) is 6.07 Å². The zero-order chi connectivity index (χ0) is 15.9. The fourth-order valence-electron chi connectivity index (χ4n) is 2.44. The third-order valence-corrected chi connectivity index (χ3v) is 4.88. The molecular formula is C17H15FN2OS. The molecule has 112 valence electrons. The number of nitrogens with zero attached hydrogens (tertiary/aromatic N) is 2. The van der Waals surface area contributed by atoms with Crippen LogP contribution in [0.25, 0.3) is 10.2 Å². The summed E-state index contributed by atoms with van der Waals surface area (Å²) >= 11 is 1.47. The van der Waals surface area contributed by atoms with Gasteiger partial charge in [0.1, 0.15) is 5.82 Å². The van der Waals surface area contributed by atoms with E-state index in [0.29, 0.717) is 4.80 Å². The van der Waals surface area contributed by atoms with Gasteiger partial charge in [-0.3, -0.25) is 4.79 Å². The summed E-state index contributed by atoms with van der Waals surface area (Å²) in [5.74, 6) is -0.870. The van der Waals surface area contributed by atoms with Crippen molar-refractivity contribution in [3.63, 3.8) is 0 Å². The van der Waals surface area contributed by atoms with E-state index in [1.165, 1.54) is 29.5 Å². The molecule has 0 saturated carbocycles. The van der Waals surface area contributed by atoms with Crippen molar-refractivity contribution in [1.82, 2.24) is 4.57 Å². The number of aromatic nitrogens is 1. The average molecular weight is 314 g/mol. The van der Waals surface area contributed by atoms with Gasteiger partial charge in [0, 0.05) is 12.6 Å². The van der Waals surface area contributed by atoms with Crippen LogP contribution in [-0.4, -0.2) is 10.5 Å². The smallest absolute Gasteiger partial charge is 0.279 e. The van der Waals surface area contributed by atoms with Gasteiger partial charge in [-0.25, -0.2) is 4.39 Å². The zero-order valence-electron chi connectivity index (χ0n) is 12.6. The Bertz CT molecular complexity index is 953. The average Bonchev–Trinajstić information content (AvgIpc) is 2.81. The Kier molecular flexibility index (Phi) is 3.66. The number of halogens is 1. The van der Waals surface area contributed by atoms with E-state index in [9.17, 15) is 9.18 Å². The monoisotopic (exact) mass is 314 g/mol. The summed E-state index contributed by atoms with van der Waals surface area (Å²) in [5.41, 5.74) is 3.63. The predicted molar refractivity (Wildman–Crippen MR) is 86.6 cm³/mol. The number of hydrogen-bond donors (Lipinski definition) is 0. The van der Waals surface area contributed by atoms with Crippen LogP contribution in [0.4, 0.5) is 4.39 Å². The van der Waals surface area contributed by atoms with Gasteiger partial charge in [0.25, 0.3) is 5.91 Å². The third kappa shape index (κ3) is 2.48. The van der Waals surface area contributed by atoms with Gasteiger partial charge in [-0.05, 0) is 43.2 Å². The number of fused-ring (bicyclic) bond motifs is 1. The van der Waals surface area contributed by atoms with Gasteiger partial charge in [0.2, 0.25) is 0 Å². The molecule has 22 heavy (non-hydrogen) atoms. The van der Waals surface area contributed by atoms with E-state index in [1.807, 2.05) is 25.5 Å². The third-order valence-electron chi connectivity index (χ3n) is 3.61. The first-order valence-electron chi connectivity index (χ1n) is 6.88. The van der Waals surface area contributed by atoms with Crippen molar-refractivity contribution in [3.05, 3.63) is 63.7 Å². The van der Waals surface area contributed by atoms with Gasteiger partial charge in [-0.2, -0.15) is 4.99 Å². The highest BCUT2D eigenvalue weighted by atomic mass is 32.1. The molecule has 1 heterocycles. The minimum Gasteiger partial charge on any atom is -0.319 e. The molecule has 5 heteroatoms. The quantitative estimate of drug-likeness (QED) is 0.674. The first-order valence-corrected chi connectivity index (χ1v) is 7.69. The Hall–Kier alpha value is -2.27. The lowest BCUT2D eigenvalue weighted by atomic mass is 10.1. The fraction of sp³-hybridized carbons (Fsp3) is 0.176. The van der Waals surface area contributed by atoms with E-state index < -0.39 is 11.7 Å². The van der Waals surface area contributed by atoms with E-state index >= 15 is 0 Å². The molecule has 3 nitrogen and oxygen atoms in total. The maximum Gasteiger partial charge on any atom is 0.279 e. The number of benzene rings is 2. The normalized spacial score (nSPS) is 12.1. The standard InChI is InChI=1S/C17H15FN2OS/c1-10-7-8-11(2)15-14(10)20(3)17(22-15)19-16(21)12-5-4-6-13(18)9-12/h4-9H,1-3H3. The van der Waals surface area contributed by atoms with Gasteiger partial charge in [-0.1, -0.05) is 29.5 Å². The summed E-state index contributed by atoms with van der Waals surface area (Å²) in [6.45, 7) is 4.07. The Balaban J connectivity index is 2.18. The lowest BCUT2D eigenvalue weighted by molar-refractivity contribution is 0.0997. The van der Waals surface area contributed by atoms with E-state index in [0.717, 1.165) is 21.3 Å². The molecule has 0 aliphatic carbocycles. The molecule has 2 aromatic carbocycles. The SMILES string of the molecule is Cc1ccc(C)c2c1sc(=NC(=O)c1cccc(F)c1)n2C. The summed E-state index contributed by atoms with van der Waals surface area (Å²) in [6, 6.07) is 9.71. The summed E-state index contributed by atoms with van der Waals surface area (Å²) in [4.78, 5) is 17.0. The minimum atomic E-state index is -0.437. The van der Waals surface area contributed by atoms with Gasteiger partial charge in [-0.15, -0.1) is 0 Å². The van der Waals surface area contributed by atoms with Gasteiger partial charge in [0.15, 0.2) is 4.80 Å². The molecule has 0 spiro atoms. The number of carbonyl (C=O) groups is 1. The van der Waals surface area contributed by atoms with Crippen LogP contribution in [0.3, 0.4) is 0 Å². The Morgan fingerprint density at radius 3 is 2.59 bits per heavy atom. The van der Waals surface area contributed by atoms with Crippen molar-refractivity contribution in [1.29, 1.82) is 0 Å². The number of rotatable bonds is 1. The summed E-state index contributed by atoms with van der Waals surface area (Å²) in [7, 11) is 1.89. The second-order valence-corrected chi connectivity index (χ2v) is 6.23. The highest BCUT2D eigenvalue weighted by molar-refractivity contribution is 7.16. The molecule has 0 N–H and O–H groups in total. The number of carbonyl (C=O) groups excluding carboxylic acids is 1. The number of hydrogen-bond acceptors (Lipinski definition) is 2. The van der Waals surface area contributed by atoms with Gasteiger partial charge < -0.3 is 4.57 Å². The molecule has 0 fully saturated rings. The van der Waals surface area contributed by atoms with Crippen LogP contribution in [-0.2, 0) is 7.05 Å². The molecule has 1 amide bonds. The van der Waals surface area contributed by atoms with Crippen molar-refractivity contribution < 1.29 is 9.18 Å². The van der Waals surface area contributed by atoms with E-state index in [-0.39, 0.29) is 5.56 Å². The lowest BCUT2D eigenvalue weighted by Crippen LogP contribution is -2.13. The van der Waals surface area contributed by atoms with Crippen LogP contribution >= 0.6 is 11.3 Å². The van der Waals surface area contributed by atoms with Gasteiger partial charge in [0.05, 0.1) is 10.2 Å². The molecule has 0 aliphatic heterocycles. The van der Waals surface area contributed by atoms with Crippen molar-refractivity contribution in [2.45, 2.75) is 13.8 Å². The molecular weight excluding hydrogens is 299 g/mol. The molecule has 0 bridgehead atoms. The Morgan fingerprint density at radius 1 is 1.18 bits per heavy atom. The van der Waals surface area contributed by atoms with Crippen LogP contribution < -0.4 is 4.80 Å². The number of aryl methyl sites for hydroxylation is 3. The van der Waals surface area contributed by atoms with Crippen molar-refractivity contribution in [3.8, 4) is 0 Å². The topological polar surface area (TPSA) is 34.4 Å². The van der Waals surface area contributed by atoms with Crippen LogP contribution in [0.15, 0.2) is 41.4 Å². The highest BCUT2D eigenvalue weighted by Gasteiger charge is 2.10. The second kappa shape index (κ2) is 5.50. The maximum absolute atomic E-state index is 13.2. The molecule has 0 aliphatic rings. The molecule has 0 unspecified atom stereocenters. The summed E-state index contributed by atoms with van der Waals surface area (Å²) in [5, 5.41) is 0. The molecule has 1 aromatic heterocycles. The van der Waals surface area contributed by atoms with E-state index in [4.69, 9.17) is 0 Å². The summed E-state index contributed by atoms with van der Waals surface area (Å²) in [6.07, 6.45) is 0. The predicted octanol–water partition coefficient (Wildman–Crippen LogP) is 3.74. The zero-order valence-corrected chi connectivity index (χ0v) is 13.4. The largest absolute Gasteiger partial charge is 0.319 e. The van der Waals surface area contributed by atoms with Crippen molar-refractivity contribution >= 4 is 27.5 Å². The highest BCUT2D eigenvalue weighted by Crippen LogP contribution is 2.24.